The number of carbonyl (C=O) groups is 1. The lowest BCUT2D eigenvalue weighted by Gasteiger charge is -2.16. The zero-order valence-electron chi connectivity index (χ0n) is 14.3. The molecule has 0 aliphatic carbocycles. The quantitative estimate of drug-likeness (QED) is 0.784. The Morgan fingerprint density at radius 2 is 1.92 bits per heavy atom. The summed E-state index contributed by atoms with van der Waals surface area (Å²) in [6.07, 6.45) is 6.00. The molecule has 0 radical (unpaired) electrons. The fraction of sp³-hybridized carbons (Fsp3) is 0.250. The monoisotopic (exact) mass is 350 g/mol. The molecule has 1 N–H and O–H groups in total. The molecule has 0 saturated carbocycles. The second kappa shape index (κ2) is 7.07. The largest absolute Gasteiger partial charge is 0.339 e. The lowest BCUT2D eigenvalue weighted by molar-refractivity contribution is 0.0793. The molecular weight excluding hydrogens is 331 g/mol. The van der Waals surface area contributed by atoms with Crippen molar-refractivity contribution in [2.75, 3.05) is 13.1 Å². The van der Waals surface area contributed by atoms with Gasteiger partial charge in [0.25, 0.3) is 5.91 Å². The third kappa shape index (κ3) is 3.35. The number of nitrogens with zero attached hydrogens (tertiary/aromatic N) is 3. The summed E-state index contributed by atoms with van der Waals surface area (Å²) in [4.78, 5) is 18.8. The van der Waals surface area contributed by atoms with E-state index in [1.807, 2.05) is 17.0 Å². The van der Waals surface area contributed by atoms with E-state index in [4.69, 9.17) is 0 Å². The molecule has 1 aromatic carbocycles. The topological polar surface area (TPSA) is 61.9 Å². The van der Waals surface area contributed by atoms with Crippen molar-refractivity contribution < 1.29 is 9.18 Å². The van der Waals surface area contributed by atoms with Crippen LogP contribution in [0.2, 0.25) is 0 Å². The highest BCUT2D eigenvalue weighted by Gasteiger charge is 2.23. The number of H-pyrrole nitrogens is 1. The van der Waals surface area contributed by atoms with Crippen molar-refractivity contribution in [1.82, 2.24) is 20.1 Å². The predicted molar refractivity (Wildman–Crippen MR) is 96.2 cm³/mol. The first-order valence-corrected chi connectivity index (χ1v) is 8.73. The molecule has 1 fully saturated rings. The number of carbonyl (C=O) groups excluding carboxylic acids is 1. The van der Waals surface area contributed by atoms with Crippen molar-refractivity contribution >= 4 is 5.91 Å². The third-order valence-electron chi connectivity index (χ3n) is 4.66. The van der Waals surface area contributed by atoms with Crippen LogP contribution in [-0.2, 0) is 6.42 Å². The van der Waals surface area contributed by atoms with Gasteiger partial charge in [-0.3, -0.25) is 14.9 Å². The molecule has 0 unspecified atom stereocenters. The fourth-order valence-electron chi connectivity index (χ4n) is 3.29. The number of halogens is 1. The molecule has 3 heterocycles. The van der Waals surface area contributed by atoms with Crippen molar-refractivity contribution in [1.29, 1.82) is 0 Å². The van der Waals surface area contributed by atoms with Crippen LogP contribution < -0.4 is 0 Å². The second-order valence-corrected chi connectivity index (χ2v) is 6.50. The summed E-state index contributed by atoms with van der Waals surface area (Å²) in [5, 5.41) is 7.39. The van der Waals surface area contributed by atoms with Crippen molar-refractivity contribution in [3.8, 4) is 11.3 Å². The van der Waals surface area contributed by atoms with Crippen molar-refractivity contribution in [2.45, 2.75) is 19.3 Å². The Bertz CT molecular complexity index is 914. The van der Waals surface area contributed by atoms with Crippen LogP contribution in [0.3, 0.4) is 0 Å². The van der Waals surface area contributed by atoms with Gasteiger partial charge >= 0.3 is 0 Å². The van der Waals surface area contributed by atoms with E-state index in [1.165, 1.54) is 12.1 Å². The number of benzene rings is 1. The minimum absolute atomic E-state index is 0.00804. The SMILES string of the molecule is O=C(c1cnccc1-c1cc(Cc2ccc(F)cc2)[nH]n1)N1CCCC1. The minimum Gasteiger partial charge on any atom is -0.339 e. The summed E-state index contributed by atoms with van der Waals surface area (Å²) in [7, 11) is 0. The number of hydrogen-bond acceptors (Lipinski definition) is 3. The van der Waals surface area contributed by atoms with E-state index in [1.54, 1.807) is 24.5 Å². The van der Waals surface area contributed by atoms with Gasteiger partial charge in [0.05, 0.1) is 11.3 Å². The Kier molecular flexibility index (Phi) is 4.48. The minimum atomic E-state index is -0.249. The Labute approximate surface area is 150 Å². The summed E-state index contributed by atoms with van der Waals surface area (Å²) in [6.45, 7) is 1.59. The first-order chi connectivity index (χ1) is 12.7. The molecule has 26 heavy (non-hydrogen) atoms. The van der Waals surface area contributed by atoms with Gasteiger partial charge in [-0.1, -0.05) is 12.1 Å². The van der Waals surface area contributed by atoms with E-state index < -0.39 is 0 Å². The van der Waals surface area contributed by atoms with E-state index in [2.05, 4.69) is 15.2 Å². The van der Waals surface area contributed by atoms with Gasteiger partial charge in [-0.25, -0.2) is 4.39 Å². The highest BCUT2D eigenvalue weighted by molar-refractivity contribution is 6.00. The van der Waals surface area contributed by atoms with Crippen LogP contribution in [0, 0.1) is 5.82 Å². The summed E-state index contributed by atoms with van der Waals surface area (Å²) in [6, 6.07) is 10.2. The molecular formula is C20H19FN4O. The Hall–Kier alpha value is -3.02. The molecule has 5 nitrogen and oxygen atoms in total. The number of amides is 1. The maximum atomic E-state index is 13.0. The molecule has 1 saturated heterocycles. The summed E-state index contributed by atoms with van der Waals surface area (Å²) >= 11 is 0. The Balaban J connectivity index is 1.59. The standard InChI is InChI=1S/C20H19FN4O/c21-15-5-3-14(4-6-15)11-16-12-19(24-23-16)17-7-8-22-13-18(17)20(26)25-9-1-2-10-25/h3-8,12-13H,1-2,9-11H2,(H,23,24). The lowest BCUT2D eigenvalue weighted by atomic mass is 10.0. The first-order valence-electron chi connectivity index (χ1n) is 8.73. The Morgan fingerprint density at radius 1 is 1.15 bits per heavy atom. The van der Waals surface area contributed by atoms with Crippen LogP contribution in [0.1, 0.15) is 34.5 Å². The zero-order valence-corrected chi connectivity index (χ0v) is 14.3. The van der Waals surface area contributed by atoms with Gasteiger partial charge in [-0.15, -0.1) is 0 Å². The summed E-state index contributed by atoms with van der Waals surface area (Å²) in [5.41, 5.74) is 3.97. The van der Waals surface area contributed by atoms with Crippen LogP contribution in [-0.4, -0.2) is 39.1 Å². The molecule has 0 spiro atoms. The van der Waals surface area contributed by atoms with Crippen molar-refractivity contribution in [3.63, 3.8) is 0 Å². The molecule has 1 aliphatic rings. The van der Waals surface area contributed by atoms with E-state index >= 15 is 0 Å². The first kappa shape index (κ1) is 16.4. The number of rotatable bonds is 4. The van der Waals surface area contributed by atoms with Gasteiger partial charge in [-0.05, 0) is 42.7 Å². The maximum Gasteiger partial charge on any atom is 0.256 e. The molecule has 132 valence electrons. The average molecular weight is 350 g/mol. The second-order valence-electron chi connectivity index (χ2n) is 6.50. The van der Waals surface area contributed by atoms with Crippen molar-refractivity contribution in [2.24, 2.45) is 0 Å². The van der Waals surface area contributed by atoms with Gasteiger partial charge in [0, 0.05) is 43.2 Å². The van der Waals surface area contributed by atoms with Gasteiger partial charge in [0.15, 0.2) is 0 Å². The molecule has 6 heteroatoms. The number of aromatic amines is 1. The molecule has 1 aliphatic heterocycles. The summed E-state index contributed by atoms with van der Waals surface area (Å²) < 4.78 is 13.0. The van der Waals surface area contributed by atoms with Crippen LogP contribution in [0.4, 0.5) is 4.39 Å². The van der Waals surface area contributed by atoms with Gasteiger partial charge < -0.3 is 4.90 Å². The number of likely N-dealkylation sites (tertiary alicyclic amines) is 1. The van der Waals surface area contributed by atoms with Crippen LogP contribution in [0.5, 0.6) is 0 Å². The van der Waals surface area contributed by atoms with Gasteiger partial charge in [0.1, 0.15) is 5.82 Å². The zero-order chi connectivity index (χ0) is 17.9. The molecule has 3 aromatic rings. The van der Waals surface area contributed by atoms with E-state index in [0.29, 0.717) is 17.7 Å². The molecule has 0 atom stereocenters. The molecule has 4 rings (SSSR count). The van der Waals surface area contributed by atoms with E-state index in [-0.39, 0.29) is 11.7 Å². The smallest absolute Gasteiger partial charge is 0.256 e. The predicted octanol–water partition coefficient (Wildman–Crippen LogP) is 3.44. The highest BCUT2D eigenvalue weighted by Crippen LogP contribution is 2.25. The van der Waals surface area contributed by atoms with E-state index in [0.717, 1.165) is 42.8 Å². The average Bonchev–Trinajstić information content (AvgIpc) is 3.35. The van der Waals surface area contributed by atoms with Crippen molar-refractivity contribution in [3.05, 3.63) is 71.4 Å². The number of hydrogen-bond donors (Lipinski definition) is 1. The lowest BCUT2D eigenvalue weighted by Crippen LogP contribution is -2.28. The fourth-order valence-corrected chi connectivity index (χ4v) is 3.29. The molecule has 2 aromatic heterocycles. The molecule has 1 amide bonds. The molecule has 0 bridgehead atoms. The maximum absolute atomic E-state index is 13.0. The van der Waals surface area contributed by atoms with E-state index in [9.17, 15) is 9.18 Å². The summed E-state index contributed by atoms with van der Waals surface area (Å²) in [5.74, 6) is -0.241. The highest BCUT2D eigenvalue weighted by atomic mass is 19.1. The van der Waals surface area contributed by atoms with Crippen LogP contribution in [0.25, 0.3) is 11.3 Å². The Morgan fingerprint density at radius 3 is 2.69 bits per heavy atom. The number of nitrogens with one attached hydrogen (secondary N) is 1. The number of aromatic nitrogens is 3. The third-order valence-corrected chi connectivity index (χ3v) is 4.66. The van der Waals surface area contributed by atoms with Gasteiger partial charge in [0.2, 0.25) is 0 Å². The van der Waals surface area contributed by atoms with Crippen LogP contribution in [0.15, 0.2) is 48.8 Å². The number of pyridine rings is 1. The normalized spacial score (nSPS) is 14.0. The van der Waals surface area contributed by atoms with Gasteiger partial charge in [-0.2, -0.15) is 5.10 Å². The van der Waals surface area contributed by atoms with Crippen LogP contribution >= 0.6 is 0 Å².